The number of nitrogens with one attached hydrogen (secondary N) is 2. The third-order valence-corrected chi connectivity index (χ3v) is 6.08. The van der Waals surface area contributed by atoms with E-state index in [9.17, 15) is 0 Å². The summed E-state index contributed by atoms with van der Waals surface area (Å²) in [5, 5.41) is 11.5. The fourth-order valence-electron chi connectivity index (χ4n) is 4.19. The minimum absolute atomic E-state index is 0.0708. The summed E-state index contributed by atoms with van der Waals surface area (Å²) in [6.07, 6.45) is 2.03. The van der Waals surface area contributed by atoms with Crippen LogP contribution in [0.15, 0.2) is 29.3 Å². The SMILES string of the molecule is CN=C(NCc1c(C)nn(C)c1C)NCC1(c2ccccc2C)CCOCC1. The molecule has 6 heteroatoms. The maximum atomic E-state index is 5.67. The second-order valence-corrected chi connectivity index (χ2v) is 7.76. The van der Waals surface area contributed by atoms with Crippen LogP contribution in [-0.2, 0) is 23.7 Å². The molecule has 0 saturated carbocycles. The molecule has 152 valence electrons. The predicted octanol–water partition coefficient (Wildman–Crippen LogP) is 2.76. The van der Waals surface area contributed by atoms with Gasteiger partial charge >= 0.3 is 0 Å². The lowest BCUT2D eigenvalue weighted by atomic mass is 9.72. The van der Waals surface area contributed by atoms with Crippen molar-refractivity contribution in [2.75, 3.05) is 26.8 Å². The Morgan fingerprint density at radius 3 is 2.50 bits per heavy atom. The van der Waals surface area contributed by atoms with Gasteiger partial charge in [0.1, 0.15) is 0 Å². The molecule has 2 heterocycles. The number of benzene rings is 1. The molecule has 0 aliphatic carbocycles. The lowest BCUT2D eigenvalue weighted by Gasteiger charge is -2.39. The molecule has 1 fully saturated rings. The number of aryl methyl sites for hydroxylation is 3. The molecule has 28 heavy (non-hydrogen) atoms. The summed E-state index contributed by atoms with van der Waals surface area (Å²) in [6, 6.07) is 8.72. The van der Waals surface area contributed by atoms with Crippen LogP contribution in [-0.4, -0.2) is 42.5 Å². The monoisotopic (exact) mass is 383 g/mol. The predicted molar refractivity (Wildman–Crippen MR) is 114 cm³/mol. The first-order valence-corrected chi connectivity index (χ1v) is 10.0. The minimum Gasteiger partial charge on any atom is -0.381 e. The molecule has 6 nitrogen and oxygen atoms in total. The molecule has 3 rings (SSSR count). The average molecular weight is 384 g/mol. The molecular formula is C22H33N5O. The van der Waals surface area contributed by atoms with Crippen molar-refractivity contribution in [3.05, 3.63) is 52.3 Å². The largest absolute Gasteiger partial charge is 0.381 e. The van der Waals surface area contributed by atoms with Crippen molar-refractivity contribution in [2.24, 2.45) is 12.0 Å². The highest BCUT2D eigenvalue weighted by Crippen LogP contribution is 2.36. The lowest BCUT2D eigenvalue weighted by molar-refractivity contribution is 0.0512. The normalized spacial score (nSPS) is 16.8. The Bertz CT molecular complexity index is 833. The van der Waals surface area contributed by atoms with Gasteiger partial charge in [-0.15, -0.1) is 0 Å². The van der Waals surface area contributed by atoms with Crippen LogP contribution in [0.4, 0.5) is 0 Å². The van der Waals surface area contributed by atoms with E-state index >= 15 is 0 Å². The Morgan fingerprint density at radius 1 is 1.18 bits per heavy atom. The van der Waals surface area contributed by atoms with Gasteiger partial charge < -0.3 is 15.4 Å². The molecular weight excluding hydrogens is 350 g/mol. The Morgan fingerprint density at radius 2 is 1.89 bits per heavy atom. The Balaban J connectivity index is 1.70. The van der Waals surface area contributed by atoms with Crippen molar-refractivity contribution in [3.63, 3.8) is 0 Å². The molecule has 0 amide bonds. The van der Waals surface area contributed by atoms with E-state index in [0.29, 0.717) is 6.54 Å². The van der Waals surface area contributed by atoms with Crippen molar-refractivity contribution in [1.29, 1.82) is 0 Å². The van der Waals surface area contributed by atoms with E-state index in [-0.39, 0.29) is 5.41 Å². The maximum absolute atomic E-state index is 5.67. The van der Waals surface area contributed by atoms with E-state index in [4.69, 9.17) is 4.74 Å². The zero-order chi connectivity index (χ0) is 20.1. The summed E-state index contributed by atoms with van der Waals surface area (Å²) in [6.45, 7) is 9.51. The molecule has 0 spiro atoms. The van der Waals surface area contributed by atoms with Crippen molar-refractivity contribution >= 4 is 5.96 Å². The van der Waals surface area contributed by atoms with Gasteiger partial charge in [0.2, 0.25) is 0 Å². The van der Waals surface area contributed by atoms with Crippen LogP contribution < -0.4 is 10.6 Å². The highest BCUT2D eigenvalue weighted by Gasteiger charge is 2.35. The van der Waals surface area contributed by atoms with Crippen LogP contribution in [0.1, 0.15) is 40.9 Å². The van der Waals surface area contributed by atoms with Gasteiger partial charge in [-0.25, -0.2) is 0 Å². The van der Waals surface area contributed by atoms with E-state index in [0.717, 1.165) is 44.3 Å². The number of rotatable bonds is 5. The summed E-state index contributed by atoms with van der Waals surface area (Å²) in [5.74, 6) is 0.821. The van der Waals surface area contributed by atoms with Crippen LogP contribution >= 0.6 is 0 Å². The first-order valence-electron chi connectivity index (χ1n) is 10.0. The number of guanidine groups is 1. The minimum atomic E-state index is 0.0708. The van der Waals surface area contributed by atoms with Gasteiger partial charge in [0.25, 0.3) is 0 Å². The molecule has 2 N–H and O–H groups in total. The first kappa shape index (κ1) is 20.4. The molecule has 1 aromatic carbocycles. The molecule has 0 radical (unpaired) electrons. The summed E-state index contributed by atoms with van der Waals surface area (Å²) < 4.78 is 7.60. The van der Waals surface area contributed by atoms with Crippen LogP contribution in [0, 0.1) is 20.8 Å². The van der Waals surface area contributed by atoms with E-state index in [1.807, 2.05) is 18.8 Å². The van der Waals surface area contributed by atoms with Gasteiger partial charge in [-0.2, -0.15) is 5.10 Å². The van der Waals surface area contributed by atoms with Crippen LogP contribution in [0.5, 0.6) is 0 Å². The highest BCUT2D eigenvalue weighted by atomic mass is 16.5. The topological polar surface area (TPSA) is 63.5 Å². The van der Waals surface area contributed by atoms with Gasteiger partial charge in [-0.05, 0) is 44.7 Å². The molecule has 0 bridgehead atoms. The van der Waals surface area contributed by atoms with Crippen molar-refractivity contribution in [2.45, 2.75) is 45.6 Å². The second kappa shape index (κ2) is 8.78. The Labute approximate surface area is 168 Å². The number of aromatic nitrogens is 2. The van der Waals surface area contributed by atoms with Gasteiger partial charge in [-0.1, -0.05) is 24.3 Å². The van der Waals surface area contributed by atoms with Crippen molar-refractivity contribution in [1.82, 2.24) is 20.4 Å². The zero-order valence-electron chi connectivity index (χ0n) is 17.8. The van der Waals surface area contributed by atoms with Gasteiger partial charge in [0.05, 0.1) is 5.69 Å². The van der Waals surface area contributed by atoms with Crippen molar-refractivity contribution < 1.29 is 4.74 Å². The van der Waals surface area contributed by atoms with E-state index < -0.39 is 0 Å². The number of nitrogens with zero attached hydrogens (tertiary/aromatic N) is 3. The Kier molecular flexibility index (Phi) is 6.39. The second-order valence-electron chi connectivity index (χ2n) is 7.76. The molecule has 1 aromatic heterocycles. The number of hydrogen-bond donors (Lipinski definition) is 2. The third-order valence-electron chi connectivity index (χ3n) is 6.08. The van der Waals surface area contributed by atoms with Crippen molar-refractivity contribution in [3.8, 4) is 0 Å². The van der Waals surface area contributed by atoms with Crippen LogP contribution in [0.2, 0.25) is 0 Å². The van der Waals surface area contributed by atoms with Crippen LogP contribution in [0.25, 0.3) is 0 Å². The molecule has 1 saturated heterocycles. The standard InChI is InChI=1S/C22H33N5O/c1-16-8-6-7-9-20(16)22(10-12-28-13-11-22)15-25-21(23-4)24-14-19-17(2)26-27(5)18(19)3/h6-9H,10-15H2,1-5H3,(H2,23,24,25). The fraction of sp³-hybridized carbons (Fsp3) is 0.545. The maximum Gasteiger partial charge on any atom is 0.191 e. The van der Waals surface area contributed by atoms with E-state index in [1.54, 1.807) is 0 Å². The number of aliphatic imine (C=N–C) groups is 1. The van der Waals surface area contributed by atoms with E-state index in [1.165, 1.54) is 22.4 Å². The smallest absolute Gasteiger partial charge is 0.191 e. The zero-order valence-corrected chi connectivity index (χ0v) is 17.8. The van der Waals surface area contributed by atoms with Gasteiger partial charge in [0, 0.05) is 57.1 Å². The lowest BCUT2D eigenvalue weighted by Crippen LogP contribution is -2.48. The number of hydrogen-bond acceptors (Lipinski definition) is 3. The summed E-state index contributed by atoms with van der Waals surface area (Å²) in [5.41, 5.74) is 6.30. The molecule has 1 aliphatic heterocycles. The summed E-state index contributed by atoms with van der Waals surface area (Å²) in [4.78, 5) is 4.44. The number of ether oxygens (including phenoxy) is 1. The van der Waals surface area contributed by atoms with Crippen LogP contribution in [0.3, 0.4) is 0 Å². The molecule has 0 unspecified atom stereocenters. The highest BCUT2D eigenvalue weighted by molar-refractivity contribution is 5.79. The quantitative estimate of drug-likeness (QED) is 0.616. The fourth-order valence-corrected chi connectivity index (χ4v) is 4.19. The van der Waals surface area contributed by atoms with Gasteiger partial charge in [-0.3, -0.25) is 9.67 Å². The van der Waals surface area contributed by atoms with E-state index in [2.05, 4.69) is 65.8 Å². The molecule has 0 atom stereocenters. The first-order chi connectivity index (χ1) is 13.5. The third kappa shape index (κ3) is 4.22. The molecule has 2 aromatic rings. The summed E-state index contributed by atoms with van der Waals surface area (Å²) in [7, 11) is 3.80. The Hall–Kier alpha value is -2.34. The average Bonchev–Trinajstić information content (AvgIpc) is 2.95. The molecule has 1 aliphatic rings. The van der Waals surface area contributed by atoms with Gasteiger partial charge in [0.15, 0.2) is 5.96 Å². The summed E-state index contributed by atoms with van der Waals surface area (Å²) >= 11 is 0.